The number of nitrogens with zero attached hydrogens (tertiary/aromatic N) is 1. The monoisotopic (exact) mass is 291 g/mol. The number of rotatable bonds is 2. The van der Waals surface area contributed by atoms with Gasteiger partial charge < -0.3 is 9.47 Å². The van der Waals surface area contributed by atoms with Crippen molar-refractivity contribution < 1.29 is 14.3 Å². The number of thiophene rings is 1. The van der Waals surface area contributed by atoms with Crippen LogP contribution in [0.15, 0.2) is 12.3 Å². The Balaban J connectivity index is 2.35. The summed E-state index contributed by atoms with van der Waals surface area (Å²) in [6, 6.07) is 1.70. The molecule has 2 heterocycles. The molecule has 2 aromatic heterocycles. The molecule has 0 aliphatic rings. The Morgan fingerprint density at radius 2 is 2.29 bits per heavy atom. The van der Waals surface area contributed by atoms with Gasteiger partial charge in [-0.1, -0.05) is 23.2 Å². The Bertz CT molecular complexity index is 570. The fourth-order valence-corrected chi connectivity index (χ4v) is 2.62. The molecule has 0 aromatic carbocycles. The quantitative estimate of drug-likeness (QED) is 0.780. The van der Waals surface area contributed by atoms with Crippen molar-refractivity contribution in [1.29, 1.82) is 0 Å². The van der Waals surface area contributed by atoms with E-state index in [4.69, 9.17) is 27.9 Å². The van der Waals surface area contributed by atoms with Gasteiger partial charge in [-0.15, -0.1) is 11.3 Å². The van der Waals surface area contributed by atoms with Gasteiger partial charge in [0.2, 0.25) is 0 Å². The normalized spacial score (nSPS) is 10.5. The van der Waals surface area contributed by atoms with Crippen molar-refractivity contribution in [3.05, 3.63) is 21.6 Å². The van der Waals surface area contributed by atoms with Gasteiger partial charge >= 0.3 is 6.16 Å². The van der Waals surface area contributed by atoms with Crippen molar-refractivity contribution in [2.45, 2.75) is 6.92 Å². The molecule has 0 radical (unpaired) electrons. The van der Waals surface area contributed by atoms with Crippen molar-refractivity contribution in [3.63, 3.8) is 0 Å². The summed E-state index contributed by atoms with van der Waals surface area (Å²) < 4.78 is 10.8. The van der Waals surface area contributed by atoms with Gasteiger partial charge in [-0.3, -0.25) is 4.98 Å². The van der Waals surface area contributed by atoms with Gasteiger partial charge in [0.25, 0.3) is 0 Å². The van der Waals surface area contributed by atoms with E-state index in [1.54, 1.807) is 13.0 Å². The molecule has 2 aromatic rings. The number of hydrogen-bond donors (Lipinski definition) is 0. The molecule has 0 aliphatic carbocycles. The summed E-state index contributed by atoms with van der Waals surface area (Å²) in [5.74, 6) is 0.163. The first-order chi connectivity index (χ1) is 8.11. The average molecular weight is 292 g/mol. The maximum absolute atomic E-state index is 11.2. The van der Waals surface area contributed by atoms with Crippen LogP contribution in [0.5, 0.6) is 5.75 Å². The second kappa shape index (κ2) is 5.08. The summed E-state index contributed by atoms with van der Waals surface area (Å²) in [5, 5.41) is 0.306. The number of halogens is 2. The number of ether oxygens (including phenoxy) is 2. The molecule has 0 unspecified atom stereocenters. The number of carbonyl (C=O) groups is 1. The van der Waals surface area contributed by atoms with Crippen molar-refractivity contribution in [3.8, 4) is 5.75 Å². The second-order valence-electron chi connectivity index (χ2n) is 2.99. The van der Waals surface area contributed by atoms with Crippen molar-refractivity contribution in [2.24, 2.45) is 0 Å². The minimum absolute atomic E-state index is 0.163. The minimum Gasteiger partial charge on any atom is -0.434 e. The van der Waals surface area contributed by atoms with Crippen LogP contribution in [0.2, 0.25) is 9.36 Å². The Kier molecular flexibility index (Phi) is 3.71. The Morgan fingerprint density at radius 1 is 1.53 bits per heavy atom. The van der Waals surface area contributed by atoms with Crippen LogP contribution in [-0.4, -0.2) is 17.7 Å². The molecule has 0 aliphatic heterocycles. The zero-order chi connectivity index (χ0) is 12.4. The maximum atomic E-state index is 11.2. The lowest BCUT2D eigenvalue weighted by Gasteiger charge is -2.05. The molecular formula is C10H7Cl2NO3S. The highest BCUT2D eigenvalue weighted by Crippen LogP contribution is 2.38. The van der Waals surface area contributed by atoms with E-state index in [9.17, 15) is 4.79 Å². The summed E-state index contributed by atoms with van der Waals surface area (Å²) >= 11 is 13.2. The topological polar surface area (TPSA) is 48.4 Å². The summed E-state index contributed by atoms with van der Waals surface area (Å²) in [7, 11) is 0. The van der Waals surface area contributed by atoms with E-state index < -0.39 is 6.16 Å². The van der Waals surface area contributed by atoms with Crippen molar-refractivity contribution >= 4 is 50.9 Å². The number of hydrogen-bond acceptors (Lipinski definition) is 5. The Labute approximate surface area is 111 Å². The third-order valence-corrected chi connectivity index (χ3v) is 3.63. The summed E-state index contributed by atoms with van der Waals surface area (Å²) in [6.45, 7) is 1.92. The molecule has 90 valence electrons. The maximum Gasteiger partial charge on any atom is 0.513 e. The van der Waals surface area contributed by atoms with E-state index in [1.165, 1.54) is 17.5 Å². The third kappa shape index (κ3) is 2.62. The number of carbonyl (C=O) groups excluding carboxylic acids is 1. The molecule has 0 saturated carbocycles. The van der Waals surface area contributed by atoms with E-state index in [0.717, 1.165) is 0 Å². The van der Waals surface area contributed by atoms with Crippen LogP contribution in [0.4, 0.5) is 4.79 Å². The SMILES string of the molecule is CCOC(=O)Oc1cnc2cc(Cl)sc2c1Cl. The fourth-order valence-electron chi connectivity index (χ4n) is 1.21. The highest BCUT2D eigenvalue weighted by Gasteiger charge is 2.14. The van der Waals surface area contributed by atoms with Crippen LogP contribution < -0.4 is 4.74 Å². The van der Waals surface area contributed by atoms with Gasteiger partial charge in [-0.05, 0) is 13.0 Å². The lowest BCUT2D eigenvalue weighted by atomic mass is 10.4. The van der Waals surface area contributed by atoms with Gasteiger partial charge in [-0.2, -0.15) is 0 Å². The van der Waals surface area contributed by atoms with Crippen LogP contribution >= 0.6 is 34.5 Å². The van der Waals surface area contributed by atoms with Gasteiger partial charge in [0.15, 0.2) is 5.75 Å². The summed E-state index contributed by atoms with van der Waals surface area (Å²) in [4.78, 5) is 15.2. The van der Waals surface area contributed by atoms with Crippen LogP contribution in [0.3, 0.4) is 0 Å². The molecule has 4 nitrogen and oxygen atoms in total. The molecule has 7 heteroatoms. The number of fused-ring (bicyclic) bond motifs is 1. The van der Waals surface area contributed by atoms with Gasteiger partial charge in [0, 0.05) is 0 Å². The number of aromatic nitrogens is 1. The first-order valence-corrected chi connectivity index (χ1v) is 6.27. The molecule has 0 atom stereocenters. The van der Waals surface area contributed by atoms with E-state index >= 15 is 0 Å². The summed E-state index contributed by atoms with van der Waals surface area (Å²) in [5.41, 5.74) is 0.668. The third-order valence-electron chi connectivity index (χ3n) is 1.87. The largest absolute Gasteiger partial charge is 0.513 e. The van der Waals surface area contributed by atoms with Crippen LogP contribution in [0.1, 0.15) is 6.92 Å². The molecule has 0 saturated heterocycles. The molecule has 0 spiro atoms. The van der Waals surface area contributed by atoms with Crippen molar-refractivity contribution in [1.82, 2.24) is 4.98 Å². The second-order valence-corrected chi connectivity index (χ2v) is 5.05. The minimum atomic E-state index is -0.807. The van der Waals surface area contributed by atoms with E-state index in [-0.39, 0.29) is 12.4 Å². The standard InChI is InChI=1S/C10H7Cl2NO3S/c1-2-15-10(14)16-6-4-13-5-3-7(11)17-9(5)8(6)12/h3-4H,2H2,1H3. The van der Waals surface area contributed by atoms with Crippen molar-refractivity contribution in [2.75, 3.05) is 6.61 Å². The summed E-state index contributed by atoms with van der Waals surface area (Å²) in [6.07, 6.45) is 0.558. The molecular weight excluding hydrogens is 285 g/mol. The van der Waals surface area contributed by atoms with Crippen LogP contribution in [0, 0.1) is 0 Å². The van der Waals surface area contributed by atoms with Gasteiger partial charge in [0.05, 0.1) is 27.4 Å². The van der Waals surface area contributed by atoms with E-state index in [1.807, 2.05) is 0 Å². The lowest BCUT2D eigenvalue weighted by molar-refractivity contribution is 0.104. The fraction of sp³-hybridized carbons (Fsp3) is 0.200. The first kappa shape index (κ1) is 12.4. The highest BCUT2D eigenvalue weighted by atomic mass is 35.5. The predicted octanol–water partition coefficient (Wildman–Crippen LogP) is 4.14. The molecule has 0 bridgehead atoms. The Hall–Kier alpha value is -1.04. The first-order valence-electron chi connectivity index (χ1n) is 4.70. The predicted molar refractivity (Wildman–Crippen MR) is 67.3 cm³/mol. The Morgan fingerprint density at radius 3 is 3.00 bits per heavy atom. The molecule has 0 amide bonds. The van der Waals surface area contributed by atoms with Gasteiger partial charge in [-0.25, -0.2) is 4.79 Å². The molecule has 17 heavy (non-hydrogen) atoms. The molecule has 0 fully saturated rings. The molecule has 0 N–H and O–H groups in total. The zero-order valence-electron chi connectivity index (χ0n) is 8.70. The van der Waals surface area contributed by atoms with E-state index in [0.29, 0.717) is 19.6 Å². The average Bonchev–Trinajstić information content (AvgIpc) is 2.64. The van der Waals surface area contributed by atoms with Crippen LogP contribution in [-0.2, 0) is 4.74 Å². The van der Waals surface area contributed by atoms with Crippen LogP contribution in [0.25, 0.3) is 10.2 Å². The number of pyridine rings is 1. The smallest absolute Gasteiger partial charge is 0.434 e. The zero-order valence-corrected chi connectivity index (χ0v) is 11.0. The van der Waals surface area contributed by atoms with Gasteiger partial charge in [0.1, 0.15) is 5.02 Å². The highest BCUT2D eigenvalue weighted by molar-refractivity contribution is 7.23. The lowest BCUT2D eigenvalue weighted by Crippen LogP contribution is -2.10. The van der Waals surface area contributed by atoms with E-state index in [2.05, 4.69) is 9.72 Å². The molecule has 2 rings (SSSR count).